The number of nitrogens with zero attached hydrogens (tertiary/aromatic N) is 2. The molecule has 0 spiro atoms. The molecule has 0 aliphatic carbocycles. The first kappa shape index (κ1) is 12.4. The van der Waals surface area contributed by atoms with Crippen LogP contribution in [0.2, 0.25) is 0 Å². The van der Waals surface area contributed by atoms with E-state index < -0.39 is 11.6 Å². The summed E-state index contributed by atoms with van der Waals surface area (Å²) in [6.07, 6.45) is 0.598. The predicted molar refractivity (Wildman–Crippen MR) is 65.9 cm³/mol. The quantitative estimate of drug-likeness (QED) is 0.890. The van der Waals surface area contributed by atoms with Crippen molar-refractivity contribution in [3.8, 4) is 11.3 Å². The summed E-state index contributed by atoms with van der Waals surface area (Å²) in [5.41, 5.74) is 7.01. The number of anilines is 1. The number of benzene rings is 1. The number of rotatable bonds is 2. The Morgan fingerprint density at radius 1 is 1.22 bits per heavy atom. The Bertz CT molecular complexity index is 597. The van der Waals surface area contributed by atoms with Gasteiger partial charge >= 0.3 is 0 Å². The van der Waals surface area contributed by atoms with E-state index >= 15 is 0 Å². The van der Waals surface area contributed by atoms with Gasteiger partial charge in [0, 0.05) is 23.6 Å². The Hall–Kier alpha value is -2.04. The molecule has 1 aromatic carbocycles. The zero-order valence-corrected chi connectivity index (χ0v) is 10.2. The van der Waals surface area contributed by atoms with Crippen LogP contribution in [0.1, 0.15) is 18.3 Å². The fraction of sp³-hybridized carbons (Fsp3) is 0.231. The van der Waals surface area contributed by atoms with Gasteiger partial charge in [0.2, 0.25) is 0 Å². The van der Waals surface area contributed by atoms with Gasteiger partial charge in [0.25, 0.3) is 0 Å². The summed E-state index contributed by atoms with van der Waals surface area (Å²) in [6, 6.07) is 3.39. The molecule has 94 valence electrons. The van der Waals surface area contributed by atoms with Gasteiger partial charge in [0.15, 0.2) is 0 Å². The minimum atomic E-state index is -0.654. The summed E-state index contributed by atoms with van der Waals surface area (Å²) in [5, 5.41) is 0. The molecule has 0 bridgehead atoms. The molecule has 0 saturated carbocycles. The van der Waals surface area contributed by atoms with Crippen LogP contribution in [0, 0.1) is 18.6 Å². The number of hydrogen-bond donors (Lipinski definition) is 1. The zero-order valence-electron chi connectivity index (χ0n) is 10.2. The van der Waals surface area contributed by atoms with E-state index in [9.17, 15) is 8.78 Å². The third-order valence-corrected chi connectivity index (χ3v) is 2.73. The van der Waals surface area contributed by atoms with Gasteiger partial charge in [0.1, 0.15) is 23.3 Å². The fourth-order valence-corrected chi connectivity index (χ4v) is 1.68. The molecule has 2 rings (SSSR count). The highest BCUT2D eigenvalue weighted by atomic mass is 19.1. The number of halogens is 2. The molecule has 3 nitrogen and oxygen atoms in total. The number of nitrogen functional groups attached to an aromatic ring is 1. The molecule has 5 heteroatoms. The number of nitrogens with two attached hydrogens (primary N) is 1. The van der Waals surface area contributed by atoms with Crippen molar-refractivity contribution >= 4 is 5.82 Å². The van der Waals surface area contributed by atoms with Crippen molar-refractivity contribution in [2.75, 3.05) is 5.73 Å². The highest BCUT2D eigenvalue weighted by Gasteiger charge is 2.14. The van der Waals surface area contributed by atoms with Crippen LogP contribution in [-0.4, -0.2) is 9.97 Å². The molecule has 0 saturated heterocycles. The molecule has 1 heterocycles. The van der Waals surface area contributed by atoms with E-state index in [2.05, 4.69) is 9.97 Å². The standard InChI is InChI=1S/C13H13F2N3/c1-3-11-17-12(7(2)13(16)18-11)9-5-4-8(14)6-10(9)15/h4-6H,3H2,1-2H3,(H2,16,17,18). The van der Waals surface area contributed by atoms with Gasteiger partial charge in [-0.25, -0.2) is 18.7 Å². The predicted octanol–water partition coefficient (Wildman–Crippen LogP) is 2.87. The van der Waals surface area contributed by atoms with E-state index in [4.69, 9.17) is 5.73 Å². The average molecular weight is 249 g/mol. The van der Waals surface area contributed by atoms with Gasteiger partial charge in [0.05, 0.1) is 5.69 Å². The van der Waals surface area contributed by atoms with Crippen molar-refractivity contribution in [1.82, 2.24) is 9.97 Å². The summed E-state index contributed by atoms with van der Waals surface area (Å²) in [4.78, 5) is 8.35. The molecular formula is C13H13F2N3. The first-order valence-electron chi connectivity index (χ1n) is 5.61. The van der Waals surface area contributed by atoms with Crippen molar-refractivity contribution in [2.45, 2.75) is 20.3 Å². The lowest BCUT2D eigenvalue weighted by Gasteiger charge is -2.10. The van der Waals surface area contributed by atoms with Crippen LogP contribution in [0.4, 0.5) is 14.6 Å². The summed E-state index contributed by atoms with van der Waals surface area (Å²) in [6.45, 7) is 3.60. The molecule has 0 radical (unpaired) electrons. The van der Waals surface area contributed by atoms with E-state index in [0.717, 1.165) is 6.07 Å². The van der Waals surface area contributed by atoms with Gasteiger partial charge in [-0.1, -0.05) is 6.92 Å². The molecule has 0 unspecified atom stereocenters. The van der Waals surface area contributed by atoms with Crippen LogP contribution in [0.5, 0.6) is 0 Å². The van der Waals surface area contributed by atoms with E-state index in [1.165, 1.54) is 12.1 Å². The third-order valence-electron chi connectivity index (χ3n) is 2.73. The maximum absolute atomic E-state index is 13.7. The zero-order chi connectivity index (χ0) is 13.3. The highest BCUT2D eigenvalue weighted by Crippen LogP contribution is 2.27. The fourth-order valence-electron chi connectivity index (χ4n) is 1.68. The lowest BCUT2D eigenvalue weighted by atomic mass is 10.1. The molecule has 0 aliphatic rings. The molecule has 0 atom stereocenters. The second-order valence-corrected chi connectivity index (χ2v) is 3.98. The normalized spacial score (nSPS) is 10.7. The highest BCUT2D eigenvalue weighted by molar-refractivity contribution is 5.67. The van der Waals surface area contributed by atoms with Gasteiger partial charge in [-0.05, 0) is 19.1 Å². The van der Waals surface area contributed by atoms with Gasteiger partial charge in [-0.15, -0.1) is 0 Å². The van der Waals surface area contributed by atoms with Crippen LogP contribution in [0.25, 0.3) is 11.3 Å². The SMILES string of the molecule is CCc1nc(N)c(C)c(-c2ccc(F)cc2F)n1. The summed E-state index contributed by atoms with van der Waals surface area (Å²) >= 11 is 0. The van der Waals surface area contributed by atoms with Crippen molar-refractivity contribution in [3.05, 3.63) is 41.2 Å². The topological polar surface area (TPSA) is 51.8 Å². The monoisotopic (exact) mass is 249 g/mol. The molecule has 2 N–H and O–H groups in total. The first-order valence-corrected chi connectivity index (χ1v) is 5.61. The van der Waals surface area contributed by atoms with E-state index in [1.54, 1.807) is 6.92 Å². The van der Waals surface area contributed by atoms with Crippen molar-refractivity contribution < 1.29 is 8.78 Å². The summed E-state index contributed by atoms with van der Waals surface area (Å²) in [5.74, 6) is -0.415. The molecule has 0 fully saturated rings. The number of hydrogen-bond acceptors (Lipinski definition) is 3. The first-order chi connectivity index (χ1) is 8.52. The Kier molecular flexibility index (Phi) is 3.23. The molecule has 2 aromatic rings. The minimum absolute atomic E-state index is 0.234. The maximum atomic E-state index is 13.7. The second kappa shape index (κ2) is 4.68. The third kappa shape index (κ3) is 2.16. The Morgan fingerprint density at radius 2 is 1.94 bits per heavy atom. The van der Waals surface area contributed by atoms with Crippen LogP contribution in [0.15, 0.2) is 18.2 Å². The van der Waals surface area contributed by atoms with Crippen molar-refractivity contribution in [3.63, 3.8) is 0 Å². The van der Waals surface area contributed by atoms with Gasteiger partial charge < -0.3 is 5.73 Å². The number of aromatic nitrogens is 2. The Labute approximate surface area is 104 Å². The van der Waals surface area contributed by atoms with Crippen molar-refractivity contribution in [2.24, 2.45) is 0 Å². The molecule has 1 aromatic heterocycles. The largest absolute Gasteiger partial charge is 0.383 e. The van der Waals surface area contributed by atoms with E-state index in [0.29, 0.717) is 29.3 Å². The average Bonchev–Trinajstić information content (AvgIpc) is 2.33. The Morgan fingerprint density at radius 3 is 2.56 bits per heavy atom. The number of aryl methyl sites for hydroxylation is 1. The van der Waals surface area contributed by atoms with Crippen LogP contribution in [-0.2, 0) is 6.42 Å². The molecular weight excluding hydrogens is 236 g/mol. The smallest absolute Gasteiger partial charge is 0.135 e. The van der Waals surface area contributed by atoms with E-state index in [-0.39, 0.29) is 5.56 Å². The van der Waals surface area contributed by atoms with E-state index in [1.807, 2.05) is 6.92 Å². The van der Waals surface area contributed by atoms with Gasteiger partial charge in [-0.3, -0.25) is 0 Å². The Balaban J connectivity index is 2.66. The van der Waals surface area contributed by atoms with Crippen molar-refractivity contribution in [1.29, 1.82) is 0 Å². The second-order valence-electron chi connectivity index (χ2n) is 3.98. The van der Waals surface area contributed by atoms with Crippen LogP contribution < -0.4 is 5.73 Å². The van der Waals surface area contributed by atoms with Crippen LogP contribution >= 0.6 is 0 Å². The lowest BCUT2D eigenvalue weighted by molar-refractivity contribution is 0.585. The summed E-state index contributed by atoms with van der Waals surface area (Å²) in [7, 11) is 0. The molecule has 18 heavy (non-hydrogen) atoms. The van der Waals surface area contributed by atoms with Gasteiger partial charge in [-0.2, -0.15) is 0 Å². The lowest BCUT2D eigenvalue weighted by Crippen LogP contribution is -2.05. The van der Waals surface area contributed by atoms with Crippen LogP contribution in [0.3, 0.4) is 0 Å². The molecule has 0 aliphatic heterocycles. The molecule has 0 amide bonds. The summed E-state index contributed by atoms with van der Waals surface area (Å²) < 4.78 is 26.6. The minimum Gasteiger partial charge on any atom is -0.383 e. The maximum Gasteiger partial charge on any atom is 0.135 e.